The van der Waals surface area contributed by atoms with Crippen molar-refractivity contribution < 1.29 is 0 Å². The topological polar surface area (TPSA) is 53.6 Å². The Morgan fingerprint density at radius 3 is 2.93 bits per heavy atom. The third kappa shape index (κ3) is 2.20. The molecule has 1 fully saturated rings. The van der Waals surface area contributed by atoms with Crippen molar-refractivity contribution in [1.29, 1.82) is 0 Å². The summed E-state index contributed by atoms with van der Waals surface area (Å²) in [6.45, 7) is 6.81. The molecule has 1 aromatic rings. The molecular formula is C11H20N4. The highest BCUT2D eigenvalue weighted by atomic mass is 15.2. The maximum atomic E-state index is 4.18. The van der Waals surface area contributed by atoms with Crippen LogP contribution in [0.25, 0.3) is 0 Å². The summed E-state index contributed by atoms with van der Waals surface area (Å²) in [5, 5.41) is 10.4. The monoisotopic (exact) mass is 208 g/mol. The summed E-state index contributed by atoms with van der Waals surface area (Å²) >= 11 is 0. The highest BCUT2D eigenvalue weighted by molar-refractivity contribution is 4.96. The van der Waals surface area contributed by atoms with Crippen LogP contribution in [-0.2, 0) is 0 Å². The molecule has 0 saturated heterocycles. The minimum absolute atomic E-state index is 0.259. The van der Waals surface area contributed by atoms with Crippen molar-refractivity contribution >= 4 is 0 Å². The molecule has 1 aliphatic carbocycles. The molecule has 15 heavy (non-hydrogen) atoms. The summed E-state index contributed by atoms with van der Waals surface area (Å²) in [6, 6.07) is 0.854. The lowest BCUT2D eigenvalue weighted by Crippen LogP contribution is -2.39. The third-order valence-electron chi connectivity index (χ3n) is 3.55. The molecule has 0 amide bonds. The average Bonchev–Trinajstić information content (AvgIpc) is 2.76. The Kier molecular flexibility index (Phi) is 2.78. The molecule has 2 N–H and O–H groups in total. The summed E-state index contributed by atoms with van der Waals surface area (Å²) in [7, 11) is 0. The minimum atomic E-state index is 0.259. The van der Waals surface area contributed by atoms with E-state index in [9.17, 15) is 0 Å². The smallest absolute Gasteiger partial charge is 0.141 e. The molecule has 0 aliphatic heterocycles. The fourth-order valence-corrected chi connectivity index (χ4v) is 2.44. The molecule has 84 valence electrons. The van der Waals surface area contributed by atoms with Crippen molar-refractivity contribution in [2.45, 2.75) is 52.1 Å². The molecule has 4 nitrogen and oxygen atoms in total. The predicted molar refractivity (Wildman–Crippen MR) is 59.4 cm³/mol. The van der Waals surface area contributed by atoms with Gasteiger partial charge in [0.2, 0.25) is 0 Å². The zero-order valence-corrected chi connectivity index (χ0v) is 9.75. The van der Waals surface area contributed by atoms with Gasteiger partial charge in [0.25, 0.3) is 0 Å². The van der Waals surface area contributed by atoms with Gasteiger partial charge in [-0.25, -0.2) is 4.98 Å². The molecule has 0 spiro atoms. The van der Waals surface area contributed by atoms with Crippen LogP contribution in [0, 0.1) is 5.41 Å². The fraction of sp³-hybridized carbons (Fsp3) is 0.818. The lowest BCUT2D eigenvalue weighted by molar-refractivity contribution is 0.264. The highest BCUT2D eigenvalue weighted by Crippen LogP contribution is 2.38. The summed E-state index contributed by atoms with van der Waals surface area (Å²) in [5.74, 6) is 0.928. The molecule has 1 heterocycles. The van der Waals surface area contributed by atoms with Gasteiger partial charge in [-0.3, -0.25) is 5.10 Å². The van der Waals surface area contributed by atoms with Crippen LogP contribution < -0.4 is 5.32 Å². The molecule has 2 atom stereocenters. The molecule has 2 unspecified atom stereocenters. The first-order chi connectivity index (χ1) is 7.09. The Morgan fingerprint density at radius 2 is 2.40 bits per heavy atom. The molecule has 2 rings (SSSR count). The molecular weight excluding hydrogens is 188 g/mol. The predicted octanol–water partition coefficient (Wildman–Crippen LogP) is 2.03. The SMILES string of the molecule is CC(NC1CCCC1(C)C)c1ncn[nH]1. The van der Waals surface area contributed by atoms with Crippen LogP contribution in [0.5, 0.6) is 0 Å². The highest BCUT2D eigenvalue weighted by Gasteiger charge is 2.35. The van der Waals surface area contributed by atoms with Crippen molar-refractivity contribution in [1.82, 2.24) is 20.5 Å². The van der Waals surface area contributed by atoms with Crippen LogP contribution in [0.4, 0.5) is 0 Å². The van der Waals surface area contributed by atoms with E-state index in [4.69, 9.17) is 0 Å². The van der Waals surface area contributed by atoms with Crippen molar-refractivity contribution in [2.75, 3.05) is 0 Å². The van der Waals surface area contributed by atoms with Crippen molar-refractivity contribution in [2.24, 2.45) is 5.41 Å². The lowest BCUT2D eigenvalue weighted by atomic mass is 9.87. The van der Waals surface area contributed by atoms with Crippen LogP contribution in [-0.4, -0.2) is 21.2 Å². The summed E-state index contributed by atoms with van der Waals surface area (Å²) in [4.78, 5) is 4.18. The van der Waals surface area contributed by atoms with Crippen molar-refractivity contribution in [3.63, 3.8) is 0 Å². The van der Waals surface area contributed by atoms with Gasteiger partial charge in [0, 0.05) is 6.04 Å². The van der Waals surface area contributed by atoms with E-state index in [1.165, 1.54) is 19.3 Å². The molecule has 1 saturated carbocycles. The number of hydrogen-bond donors (Lipinski definition) is 2. The van der Waals surface area contributed by atoms with E-state index in [1.807, 2.05) is 0 Å². The van der Waals surface area contributed by atoms with Crippen LogP contribution in [0.15, 0.2) is 6.33 Å². The largest absolute Gasteiger partial charge is 0.304 e. The molecule has 4 heteroatoms. The Hall–Kier alpha value is -0.900. The first-order valence-electron chi connectivity index (χ1n) is 5.71. The number of aromatic amines is 1. The first kappa shape index (κ1) is 10.6. The maximum Gasteiger partial charge on any atom is 0.141 e. The van der Waals surface area contributed by atoms with Gasteiger partial charge in [0.1, 0.15) is 12.2 Å². The number of aromatic nitrogens is 3. The van der Waals surface area contributed by atoms with Gasteiger partial charge in [-0.2, -0.15) is 5.10 Å². The Balaban J connectivity index is 1.97. The van der Waals surface area contributed by atoms with Crippen LogP contribution >= 0.6 is 0 Å². The Bertz CT molecular complexity index is 304. The molecule has 1 aliphatic rings. The summed E-state index contributed by atoms with van der Waals surface area (Å²) < 4.78 is 0. The maximum absolute atomic E-state index is 4.18. The van der Waals surface area contributed by atoms with E-state index in [0.717, 1.165) is 5.82 Å². The van der Waals surface area contributed by atoms with Crippen molar-refractivity contribution in [3.05, 3.63) is 12.2 Å². The lowest BCUT2D eigenvalue weighted by Gasteiger charge is -2.30. The standard InChI is InChI=1S/C11H20N4/c1-8(10-12-7-13-15-10)14-9-5-4-6-11(9,2)3/h7-9,14H,4-6H2,1-3H3,(H,12,13,15). The third-order valence-corrected chi connectivity index (χ3v) is 3.55. The van der Waals surface area contributed by atoms with Gasteiger partial charge < -0.3 is 5.32 Å². The number of H-pyrrole nitrogens is 1. The zero-order chi connectivity index (χ0) is 10.9. The van der Waals surface area contributed by atoms with E-state index < -0.39 is 0 Å². The van der Waals surface area contributed by atoms with Gasteiger partial charge in [0.05, 0.1) is 6.04 Å². The number of rotatable bonds is 3. The number of nitrogens with zero attached hydrogens (tertiary/aromatic N) is 2. The zero-order valence-electron chi connectivity index (χ0n) is 9.75. The van der Waals surface area contributed by atoms with Crippen molar-refractivity contribution in [3.8, 4) is 0 Å². The fourth-order valence-electron chi connectivity index (χ4n) is 2.44. The second-order valence-corrected chi connectivity index (χ2v) is 5.19. The number of nitrogens with one attached hydrogen (secondary N) is 2. The van der Waals surface area contributed by atoms with Gasteiger partial charge in [-0.05, 0) is 25.2 Å². The second-order valence-electron chi connectivity index (χ2n) is 5.19. The van der Waals surface area contributed by atoms with E-state index in [1.54, 1.807) is 6.33 Å². The Labute approximate surface area is 90.9 Å². The second kappa shape index (κ2) is 3.93. The first-order valence-corrected chi connectivity index (χ1v) is 5.71. The van der Waals surface area contributed by atoms with E-state index in [0.29, 0.717) is 11.5 Å². The Morgan fingerprint density at radius 1 is 1.60 bits per heavy atom. The normalized spacial score (nSPS) is 26.7. The molecule has 1 aromatic heterocycles. The molecule has 0 aromatic carbocycles. The van der Waals surface area contributed by atoms with E-state index >= 15 is 0 Å². The van der Waals surface area contributed by atoms with E-state index in [2.05, 4.69) is 41.3 Å². The minimum Gasteiger partial charge on any atom is -0.304 e. The van der Waals surface area contributed by atoms with Gasteiger partial charge in [-0.15, -0.1) is 0 Å². The molecule has 0 radical (unpaired) electrons. The number of hydrogen-bond acceptors (Lipinski definition) is 3. The average molecular weight is 208 g/mol. The van der Waals surface area contributed by atoms with Crippen LogP contribution in [0.2, 0.25) is 0 Å². The molecule has 0 bridgehead atoms. The van der Waals surface area contributed by atoms with Gasteiger partial charge in [0.15, 0.2) is 0 Å². The summed E-state index contributed by atoms with van der Waals surface area (Å²) in [5.41, 5.74) is 0.411. The van der Waals surface area contributed by atoms with E-state index in [-0.39, 0.29) is 6.04 Å². The quantitative estimate of drug-likeness (QED) is 0.799. The van der Waals surface area contributed by atoms with Crippen LogP contribution in [0.1, 0.15) is 51.9 Å². The van der Waals surface area contributed by atoms with Gasteiger partial charge in [-0.1, -0.05) is 20.3 Å². The summed E-state index contributed by atoms with van der Waals surface area (Å²) in [6.07, 6.45) is 5.47. The van der Waals surface area contributed by atoms with Crippen LogP contribution in [0.3, 0.4) is 0 Å². The van der Waals surface area contributed by atoms with Gasteiger partial charge >= 0.3 is 0 Å².